The van der Waals surface area contributed by atoms with Gasteiger partial charge in [-0.25, -0.2) is 0 Å². The highest BCUT2D eigenvalue weighted by atomic mass is 16.6. The first-order valence-electron chi connectivity index (χ1n) is 5.86. The lowest BCUT2D eigenvalue weighted by molar-refractivity contribution is -0.175. The second-order valence-electron chi connectivity index (χ2n) is 4.59. The van der Waals surface area contributed by atoms with E-state index < -0.39 is 0 Å². The zero-order chi connectivity index (χ0) is 11.4. The van der Waals surface area contributed by atoms with E-state index in [9.17, 15) is 4.79 Å². The van der Waals surface area contributed by atoms with Gasteiger partial charge in [0.25, 0.3) is 0 Å². The van der Waals surface area contributed by atoms with Crippen LogP contribution in [0.15, 0.2) is 0 Å². The Labute approximate surface area is 92.1 Å². The molecule has 0 N–H and O–H groups in total. The molecule has 1 aliphatic carbocycles. The third-order valence-electron chi connectivity index (χ3n) is 2.89. The highest BCUT2D eigenvalue weighted by molar-refractivity contribution is 5.90. The van der Waals surface area contributed by atoms with Crippen LogP contribution in [0.4, 0.5) is 0 Å². The fourth-order valence-electron chi connectivity index (χ4n) is 1.47. The molecule has 0 aromatic rings. The highest BCUT2D eigenvalue weighted by Gasteiger charge is 2.42. The molecule has 0 aliphatic heterocycles. The number of ketones is 1. The molecule has 3 nitrogen and oxygen atoms in total. The molecule has 1 fully saturated rings. The molecule has 88 valence electrons. The molecule has 15 heavy (non-hydrogen) atoms. The standard InChI is InChI=1S/C12H22O3/c1-5-6-14-12-10(13)7-11(12)15-9(4)8(2)3/h8-9,11-12H,5-7H2,1-4H3. The predicted octanol–water partition coefficient (Wildman–Crippen LogP) is 2.18. The molecule has 1 rings (SSSR count). The maximum absolute atomic E-state index is 11.3. The summed E-state index contributed by atoms with van der Waals surface area (Å²) < 4.78 is 11.2. The predicted molar refractivity (Wildman–Crippen MR) is 58.8 cm³/mol. The van der Waals surface area contributed by atoms with Gasteiger partial charge < -0.3 is 9.47 Å². The lowest BCUT2D eigenvalue weighted by atomic mass is 9.89. The summed E-state index contributed by atoms with van der Waals surface area (Å²) in [5.74, 6) is 0.664. The number of carbonyl (C=O) groups is 1. The maximum atomic E-state index is 11.3. The van der Waals surface area contributed by atoms with Crippen molar-refractivity contribution in [1.82, 2.24) is 0 Å². The van der Waals surface area contributed by atoms with Gasteiger partial charge in [0.15, 0.2) is 5.78 Å². The minimum absolute atomic E-state index is 0.0125. The zero-order valence-corrected chi connectivity index (χ0v) is 10.2. The minimum Gasteiger partial charge on any atom is -0.371 e. The van der Waals surface area contributed by atoms with Crippen LogP contribution >= 0.6 is 0 Å². The molecule has 1 aliphatic rings. The van der Waals surface area contributed by atoms with Crippen LogP contribution in [0, 0.1) is 5.92 Å². The number of Topliss-reactive ketones (excluding diaryl/α,β-unsaturated/α-hetero) is 1. The summed E-state index contributed by atoms with van der Waals surface area (Å²) in [6.45, 7) is 8.96. The first-order valence-corrected chi connectivity index (χ1v) is 5.86. The van der Waals surface area contributed by atoms with Crippen LogP contribution in [0.5, 0.6) is 0 Å². The van der Waals surface area contributed by atoms with Crippen LogP contribution in [-0.2, 0) is 14.3 Å². The van der Waals surface area contributed by atoms with E-state index in [4.69, 9.17) is 9.47 Å². The summed E-state index contributed by atoms with van der Waals surface area (Å²) >= 11 is 0. The van der Waals surface area contributed by atoms with Crippen LogP contribution in [0.3, 0.4) is 0 Å². The first-order chi connectivity index (χ1) is 7.06. The van der Waals surface area contributed by atoms with Crippen molar-refractivity contribution >= 4 is 5.78 Å². The first kappa shape index (κ1) is 12.7. The number of rotatable bonds is 6. The van der Waals surface area contributed by atoms with Gasteiger partial charge in [-0.15, -0.1) is 0 Å². The Kier molecular flexibility index (Phi) is 4.74. The monoisotopic (exact) mass is 214 g/mol. The lowest BCUT2D eigenvalue weighted by Gasteiger charge is -2.37. The molecule has 3 heteroatoms. The van der Waals surface area contributed by atoms with E-state index in [1.807, 2.05) is 13.8 Å². The van der Waals surface area contributed by atoms with Crippen LogP contribution < -0.4 is 0 Å². The lowest BCUT2D eigenvalue weighted by Crippen LogP contribution is -2.52. The summed E-state index contributed by atoms with van der Waals surface area (Å²) in [5.41, 5.74) is 0. The summed E-state index contributed by atoms with van der Waals surface area (Å²) in [4.78, 5) is 11.3. The van der Waals surface area contributed by atoms with Gasteiger partial charge in [-0.05, 0) is 19.3 Å². The highest BCUT2D eigenvalue weighted by Crippen LogP contribution is 2.25. The number of hydrogen-bond acceptors (Lipinski definition) is 3. The number of ether oxygens (including phenoxy) is 2. The molecule has 0 saturated heterocycles. The molecular formula is C12H22O3. The fourth-order valence-corrected chi connectivity index (χ4v) is 1.47. The smallest absolute Gasteiger partial charge is 0.166 e. The van der Waals surface area contributed by atoms with Gasteiger partial charge in [0, 0.05) is 13.0 Å². The molecule has 3 atom stereocenters. The second-order valence-corrected chi connectivity index (χ2v) is 4.59. The molecule has 0 aromatic carbocycles. The minimum atomic E-state index is -0.300. The summed E-state index contributed by atoms with van der Waals surface area (Å²) in [6.07, 6.45) is 1.34. The Hall–Kier alpha value is -0.410. The van der Waals surface area contributed by atoms with E-state index in [0.29, 0.717) is 18.9 Å². The van der Waals surface area contributed by atoms with Crippen molar-refractivity contribution in [1.29, 1.82) is 0 Å². The van der Waals surface area contributed by atoms with Gasteiger partial charge in [-0.2, -0.15) is 0 Å². The normalized spacial score (nSPS) is 27.9. The molecule has 0 aromatic heterocycles. The van der Waals surface area contributed by atoms with Gasteiger partial charge in [0.2, 0.25) is 0 Å². The molecule has 1 saturated carbocycles. The molecule has 0 heterocycles. The van der Waals surface area contributed by atoms with Crippen molar-refractivity contribution in [2.45, 2.75) is 58.8 Å². The van der Waals surface area contributed by atoms with Crippen molar-refractivity contribution in [2.24, 2.45) is 5.92 Å². The Bertz CT molecular complexity index is 213. The van der Waals surface area contributed by atoms with Crippen molar-refractivity contribution in [3.8, 4) is 0 Å². The van der Waals surface area contributed by atoms with E-state index >= 15 is 0 Å². The average molecular weight is 214 g/mol. The maximum Gasteiger partial charge on any atom is 0.166 e. The third-order valence-corrected chi connectivity index (χ3v) is 2.89. The van der Waals surface area contributed by atoms with Crippen LogP contribution in [-0.4, -0.2) is 30.7 Å². The third kappa shape index (κ3) is 3.28. The molecule has 0 amide bonds. The molecule has 0 spiro atoms. The molecule has 0 radical (unpaired) electrons. The summed E-state index contributed by atoms with van der Waals surface area (Å²) in [6, 6.07) is 0. The number of hydrogen-bond donors (Lipinski definition) is 0. The molecular weight excluding hydrogens is 192 g/mol. The van der Waals surface area contributed by atoms with Gasteiger partial charge >= 0.3 is 0 Å². The van der Waals surface area contributed by atoms with Crippen molar-refractivity contribution in [3.63, 3.8) is 0 Å². The van der Waals surface area contributed by atoms with Crippen molar-refractivity contribution in [3.05, 3.63) is 0 Å². The van der Waals surface area contributed by atoms with Gasteiger partial charge in [-0.3, -0.25) is 4.79 Å². The van der Waals surface area contributed by atoms with Crippen LogP contribution in [0.2, 0.25) is 0 Å². The van der Waals surface area contributed by atoms with E-state index in [1.165, 1.54) is 0 Å². The van der Waals surface area contributed by atoms with Crippen molar-refractivity contribution in [2.75, 3.05) is 6.61 Å². The molecule has 0 bridgehead atoms. The number of carbonyl (C=O) groups excluding carboxylic acids is 1. The van der Waals surface area contributed by atoms with Gasteiger partial charge in [0.05, 0.1) is 12.2 Å². The SMILES string of the molecule is CCCOC1C(=O)CC1OC(C)C(C)C. The van der Waals surface area contributed by atoms with E-state index in [2.05, 4.69) is 13.8 Å². The Morgan fingerprint density at radius 2 is 2.07 bits per heavy atom. The van der Waals surface area contributed by atoms with Gasteiger partial charge in [-0.1, -0.05) is 20.8 Å². The Balaban J connectivity index is 2.33. The topological polar surface area (TPSA) is 35.5 Å². The summed E-state index contributed by atoms with van der Waals surface area (Å²) in [7, 11) is 0. The largest absolute Gasteiger partial charge is 0.371 e. The second kappa shape index (κ2) is 5.61. The van der Waals surface area contributed by atoms with E-state index in [0.717, 1.165) is 6.42 Å². The van der Waals surface area contributed by atoms with E-state index in [-0.39, 0.29) is 24.1 Å². The fraction of sp³-hybridized carbons (Fsp3) is 0.917. The van der Waals surface area contributed by atoms with Crippen LogP contribution in [0.25, 0.3) is 0 Å². The zero-order valence-electron chi connectivity index (χ0n) is 10.2. The van der Waals surface area contributed by atoms with Crippen LogP contribution in [0.1, 0.15) is 40.5 Å². The molecule has 3 unspecified atom stereocenters. The Morgan fingerprint density at radius 3 is 2.53 bits per heavy atom. The van der Waals surface area contributed by atoms with Gasteiger partial charge in [0.1, 0.15) is 6.10 Å². The summed E-state index contributed by atoms with van der Waals surface area (Å²) in [5, 5.41) is 0. The van der Waals surface area contributed by atoms with Crippen molar-refractivity contribution < 1.29 is 14.3 Å². The quantitative estimate of drug-likeness (QED) is 0.680. The van der Waals surface area contributed by atoms with E-state index in [1.54, 1.807) is 0 Å². The Morgan fingerprint density at radius 1 is 1.40 bits per heavy atom. The average Bonchev–Trinajstić information content (AvgIpc) is 2.17.